The van der Waals surface area contributed by atoms with E-state index in [2.05, 4.69) is 44.4 Å². The van der Waals surface area contributed by atoms with E-state index in [1.165, 1.54) is 0 Å². The molecule has 51 heavy (non-hydrogen) atoms. The van der Waals surface area contributed by atoms with Crippen molar-refractivity contribution in [2.45, 2.75) is 49.8 Å². The van der Waals surface area contributed by atoms with Crippen LogP contribution in [0.3, 0.4) is 0 Å². The zero-order chi connectivity index (χ0) is 34.8. The molecule has 3 N–H and O–H groups in total. The second-order valence-corrected chi connectivity index (χ2v) is 13.2. The molecule has 3 unspecified atom stereocenters. The topological polar surface area (TPSA) is 123 Å². The molecule has 0 spiro atoms. The average Bonchev–Trinajstić information content (AvgIpc) is 3.68. The number of para-hydroxylation sites is 1. The number of carbonyl (C=O) groups is 1. The third-order valence-electron chi connectivity index (χ3n) is 8.70. The number of hydrogen-bond acceptors (Lipinski definition) is 8. The lowest BCUT2D eigenvalue weighted by Gasteiger charge is -2.36. The highest BCUT2D eigenvalue weighted by Crippen LogP contribution is 2.40. The summed E-state index contributed by atoms with van der Waals surface area (Å²) in [5, 5.41) is 28.6. The van der Waals surface area contributed by atoms with Crippen molar-refractivity contribution < 1.29 is 19.4 Å². The van der Waals surface area contributed by atoms with Crippen LogP contribution in [0.5, 0.6) is 0 Å². The monoisotopic (exact) mass is 698 g/mol. The van der Waals surface area contributed by atoms with Gasteiger partial charge in [0, 0.05) is 30.8 Å². The summed E-state index contributed by atoms with van der Waals surface area (Å²) >= 11 is 1.54. The molecule has 0 saturated carbocycles. The van der Waals surface area contributed by atoms with Gasteiger partial charge in [0.25, 0.3) is 0 Å². The van der Waals surface area contributed by atoms with Crippen molar-refractivity contribution >= 4 is 17.8 Å². The first-order valence-electron chi connectivity index (χ1n) is 16.8. The van der Waals surface area contributed by atoms with Crippen molar-refractivity contribution in [1.29, 1.82) is 0 Å². The highest BCUT2D eigenvalue weighted by atomic mass is 32.2. The summed E-state index contributed by atoms with van der Waals surface area (Å²) in [6.07, 6.45) is -0.327. The van der Waals surface area contributed by atoms with Gasteiger partial charge in [0.1, 0.15) is 0 Å². The van der Waals surface area contributed by atoms with Gasteiger partial charge in [0.2, 0.25) is 5.16 Å². The summed E-state index contributed by atoms with van der Waals surface area (Å²) < 4.78 is 14.9. The number of ether oxygens (including phenoxy) is 2. The number of aliphatic hydroxyl groups excluding tert-OH is 1. The standard InChI is InChI=1S/C40H38N6O4S/c47-26-29-15-17-31(18-16-29)37-23-35(27-51-40-43-44-45-46(40)34-12-5-2-6-13-34)49-38(50-37)32-21-19-30(20-22-32)36-14-8-7-11-33(36)25-42-39(48)41-24-28-9-3-1-4-10-28/h1-22,35,37-38,47H,23-27H2,(H2,41,42,48). The Morgan fingerprint density at radius 2 is 1.45 bits per heavy atom. The molecule has 1 fully saturated rings. The number of rotatable bonds is 12. The molecule has 2 heterocycles. The van der Waals surface area contributed by atoms with E-state index in [9.17, 15) is 9.90 Å². The SMILES string of the molecule is O=C(NCc1ccccc1)NCc1ccccc1-c1ccc(C2OC(CSc3nnnn3-c3ccccc3)CC(c3ccc(CO)cc3)O2)cc1. The largest absolute Gasteiger partial charge is 0.392 e. The minimum absolute atomic E-state index is 0.0140. The molecule has 11 heteroatoms. The first-order valence-corrected chi connectivity index (χ1v) is 17.8. The molecule has 3 atom stereocenters. The number of urea groups is 1. The zero-order valence-electron chi connectivity index (χ0n) is 27.8. The summed E-state index contributed by atoms with van der Waals surface area (Å²) in [5.74, 6) is 0.621. The van der Waals surface area contributed by atoms with E-state index < -0.39 is 6.29 Å². The maximum absolute atomic E-state index is 12.6. The second kappa shape index (κ2) is 16.6. The van der Waals surface area contributed by atoms with Crippen molar-refractivity contribution in [1.82, 2.24) is 30.8 Å². The van der Waals surface area contributed by atoms with Gasteiger partial charge in [-0.05, 0) is 55.9 Å². The van der Waals surface area contributed by atoms with Crippen LogP contribution in [0.1, 0.15) is 46.6 Å². The van der Waals surface area contributed by atoms with E-state index in [1.54, 1.807) is 16.4 Å². The molecule has 6 aromatic rings. The Balaban J connectivity index is 1.05. The summed E-state index contributed by atoms with van der Waals surface area (Å²) in [4.78, 5) is 12.6. The minimum atomic E-state index is -0.601. The molecule has 1 aliphatic rings. The predicted molar refractivity (Wildman–Crippen MR) is 196 cm³/mol. The Bertz CT molecular complexity index is 2010. The molecule has 10 nitrogen and oxygen atoms in total. The van der Waals surface area contributed by atoms with Gasteiger partial charge in [-0.1, -0.05) is 133 Å². The van der Waals surface area contributed by atoms with Crippen LogP contribution in [-0.4, -0.2) is 43.2 Å². The maximum Gasteiger partial charge on any atom is 0.315 e. The molecule has 1 saturated heterocycles. The fourth-order valence-corrected chi connectivity index (χ4v) is 6.89. The Kier molecular flexibility index (Phi) is 11.1. The fraction of sp³-hybridized carbons (Fsp3) is 0.200. The Morgan fingerprint density at radius 1 is 0.765 bits per heavy atom. The number of aromatic nitrogens is 4. The van der Waals surface area contributed by atoms with E-state index >= 15 is 0 Å². The lowest BCUT2D eigenvalue weighted by molar-refractivity contribution is -0.245. The van der Waals surface area contributed by atoms with Gasteiger partial charge in [-0.15, -0.1) is 5.10 Å². The number of carbonyl (C=O) groups excluding carboxylic acids is 1. The minimum Gasteiger partial charge on any atom is -0.392 e. The van der Waals surface area contributed by atoms with Crippen molar-refractivity contribution in [2.24, 2.45) is 0 Å². The smallest absolute Gasteiger partial charge is 0.315 e. The quantitative estimate of drug-likeness (QED) is 0.115. The van der Waals surface area contributed by atoms with Crippen LogP contribution >= 0.6 is 11.8 Å². The van der Waals surface area contributed by atoms with Gasteiger partial charge < -0.3 is 25.2 Å². The van der Waals surface area contributed by atoms with E-state index in [-0.39, 0.29) is 24.8 Å². The molecule has 7 rings (SSSR count). The molecule has 1 aliphatic heterocycles. The molecule has 2 amide bonds. The molecule has 0 radical (unpaired) electrons. The van der Waals surface area contributed by atoms with Gasteiger partial charge in [-0.25, -0.2) is 4.79 Å². The molecule has 5 aromatic carbocycles. The zero-order valence-corrected chi connectivity index (χ0v) is 28.7. The number of benzene rings is 5. The summed E-state index contributed by atoms with van der Waals surface area (Å²) in [6.45, 7) is 0.832. The predicted octanol–water partition coefficient (Wildman–Crippen LogP) is 7.16. The van der Waals surface area contributed by atoms with E-state index in [0.717, 1.165) is 44.6 Å². The number of amides is 2. The van der Waals surface area contributed by atoms with Crippen LogP contribution in [0.25, 0.3) is 16.8 Å². The third-order valence-corrected chi connectivity index (χ3v) is 9.75. The van der Waals surface area contributed by atoms with Gasteiger partial charge in [-0.2, -0.15) is 4.68 Å². The van der Waals surface area contributed by atoms with Crippen molar-refractivity contribution in [2.75, 3.05) is 5.75 Å². The maximum atomic E-state index is 12.6. The van der Waals surface area contributed by atoms with Gasteiger partial charge in [0.05, 0.1) is 24.5 Å². The molecule has 0 aliphatic carbocycles. The first kappa shape index (κ1) is 34.1. The Morgan fingerprint density at radius 3 is 2.22 bits per heavy atom. The Labute approximate surface area is 300 Å². The van der Waals surface area contributed by atoms with Crippen molar-refractivity contribution in [3.05, 3.63) is 161 Å². The summed E-state index contributed by atoms with van der Waals surface area (Å²) in [6, 6.07) is 43.5. The Hall–Kier alpha value is -5.33. The second-order valence-electron chi connectivity index (χ2n) is 12.2. The molecular weight excluding hydrogens is 661 g/mol. The molecule has 0 bridgehead atoms. The van der Waals surface area contributed by atoms with Gasteiger partial charge in [-0.3, -0.25) is 0 Å². The van der Waals surface area contributed by atoms with Gasteiger partial charge >= 0.3 is 6.03 Å². The van der Waals surface area contributed by atoms with Crippen LogP contribution in [0.4, 0.5) is 4.79 Å². The average molecular weight is 699 g/mol. The number of thioether (sulfide) groups is 1. The molecule has 1 aromatic heterocycles. The van der Waals surface area contributed by atoms with Crippen LogP contribution in [0.15, 0.2) is 139 Å². The lowest BCUT2D eigenvalue weighted by atomic mass is 9.98. The van der Waals surface area contributed by atoms with Crippen molar-refractivity contribution in [3.8, 4) is 16.8 Å². The normalized spacial score (nSPS) is 17.2. The van der Waals surface area contributed by atoms with Crippen molar-refractivity contribution in [3.63, 3.8) is 0 Å². The fourth-order valence-electron chi connectivity index (χ4n) is 5.98. The van der Waals surface area contributed by atoms with E-state index in [4.69, 9.17) is 9.47 Å². The highest BCUT2D eigenvalue weighted by molar-refractivity contribution is 7.99. The number of nitrogens with zero attached hydrogens (tertiary/aromatic N) is 4. The van der Waals surface area contributed by atoms with Crippen LogP contribution in [-0.2, 0) is 29.2 Å². The third kappa shape index (κ3) is 8.70. The number of aliphatic hydroxyl groups is 1. The summed E-state index contributed by atoms with van der Waals surface area (Å²) in [5.41, 5.74) is 7.76. The lowest BCUT2D eigenvalue weighted by Crippen LogP contribution is -2.34. The first-order chi connectivity index (χ1) is 25.1. The highest BCUT2D eigenvalue weighted by Gasteiger charge is 2.32. The van der Waals surface area contributed by atoms with Crippen LogP contribution in [0, 0.1) is 0 Å². The summed E-state index contributed by atoms with van der Waals surface area (Å²) in [7, 11) is 0. The van der Waals surface area contributed by atoms with Crippen LogP contribution < -0.4 is 10.6 Å². The van der Waals surface area contributed by atoms with Crippen LogP contribution in [0.2, 0.25) is 0 Å². The number of nitrogens with one attached hydrogen (secondary N) is 2. The number of tetrazole rings is 1. The number of hydrogen-bond donors (Lipinski definition) is 3. The van der Waals surface area contributed by atoms with E-state index in [1.807, 2.05) is 115 Å². The van der Waals surface area contributed by atoms with E-state index in [0.29, 0.717) is 30.4 Å². The molecule has 258 valence electrons. The molecular formula is C40H38N6O4S. The van der Waals surface area contributed by atoms with Gasteiger partial charge in [0.15, 0.2) is 6.29 Å².